The van der Waals surface area contributed by atoms with E-state index in [-0.39, 0.29) is 36.0 Å². The second-order valence-electron chi connectivity index (χ2n) is 12.9. The number of para-hydroxylation sites is 1. The van der Waals surface area contributed by atoms with Gasteiger partial charge in [0.2, 0.25) is 11.8 Å². The number of ether oxygens (including phenoxy) is 2. The zero-order valence-corrected chi connectivity index (χ0v) is 27.5. The predicted octanol–water partition coefficient (Wildman–Crippen LogP) is 3.37. The molecule has 2 aromatic carbocycles. The Bertz CT molecular complexity index is 1380. The number of rotatable bonds is 12. The highest BCUT2D eigenvalue weighted by molar-refractivity contribution is 5.90. The van der Waals surface area contributed by atoms with Crippen LogP contribution in [0.25, 0.3) is 0 Å². The molecule has 2 atom stereocenters. The SMILES string of the molecule is CC(=O)N1CCN(C(=O)Oc2ccc(C[C@H](NC(=O)[C@H](CC(C)C)NC(=O)COc3ccccc3C(C)(C)C)C(=O)O)cc2)CC1. The molecule has 12 nitrogen and oxygen atoms in total. The molecule has 250 valence electrons. The molecule has 12 heteroatoms. The Morgan fingerprint density at radius 3 is 2.04 bits per heavy atom. The maximum Gasteiger partial charge on any atom is 0.415 e. The zero-order valence-electron chi connectivity index (χ0n) is 27.5. The van der Waals surface area contributed by atoms with Crippen molar-refractivity contribution in [3.05, 3.63) is 59.7 Å². The third-order valence-electron chi connectivity index (χ3n) is 7.58. The molecule has 1 saturated heterocycles. The fourth-order valence-electron chi connectivity index (χ4n) is 5.07. The van der Waals surface area contributed by atoms with Gasteiger partial charge in [0.1, 0.15) is 23.6 Å². The number of carbonyl (C=O) groups excluding carboxylic acids is 4. The number of hydrogen-bond donors (Lipinski definition) is 3. The number of nitrogens with zero attached hydrogens (tertiary/aromatic N) is 2. The summed E-state index contributed by atoms with van der Waals surface area (Å²) in [5.41, 5.74) is 1.34. The van der Waals surface area contributed by atoms with Gasteiger partial charge in [0.25, 0.3) is 5.91 Å². The molecule has 46 heavy (non-hydrogen) atoms. The number of nitrogens with one attached hydrogen (secondary N) is 2. The number of carboxylic acid groups (broad SMARTS) is 1. The first kappa shape index (κ1) is 35.9. The summed E-state index contributed by atoms with van der Waals surface area (Å²) in [7, 11) is 0. The summed E-state index contributed by atoms with van der Waals surface area (Å²) < 4.78 is 11.2. The number of aliphatic carboxylic acids is 1. The quantitative estimate of drug-likeness (QED) is 0.320. The van der Waals surface area contributed by atoms with Gasteiger partial charge in [-0.2, -0.15) is 0 Å². The van der Waals surface area contributed by atoms with E-state index in [1.54, 1.807) is 35.2 Å². The average molecular weight is 639 g/mol. The Morgan fingerprint density at radius 1 is 0.870 bits per heavy atom. The van der Waals surface area contributed by atoms with Crippen LogP contribution < -0.4 is 20.1 Å². The van der Waals surface area contributed by atoms with Crippen molar-refractivity contribution in [3.63, 3.8) is 0 Å². The molecule has 0 aliphatic carbocycles. The first-order valence-corrected chi connectivity index (χ1v) is 15.5. The zero-order chi connectivity index (χ0) is 34.0. The van der Waals surface area contributed by atoms with Crippen LogP contribution in [0.5, 0.6) is 11.5 Å². The molecule has 0 bridgehead atoms. The van der Waals surface area contributed by atoms with Crippen molar-refractivity contribution in [3.8, 4) is 11.5 Å². The van der Waals surface area contributed by atoms with Gasteiger partial charge in [0.05, 0.1) is 0 Å². The first-order chi connectivity index (χ1) is 21.6. The average Bonchev–Trinajstić information content (AvgIpc) is 2.99. The van der Waals surface area contributed by atoms with Gasteiger partial charge < -0.3 is 35.0 Å². The lowest BCUT2D eigenvalue weighted by molar-refractivity contribution is -0.142. The summed E-state index contributed by atoms with van der Waals surface area (Å²) in [6, 6.07) is 11.6. The number of carboxylic acids is 1. The van der Waals surface area contributed by atoms with E-state index in [0.717, 1.165) is 5.56 Å². The maximum absolute atomic E-state index is 13.2. The minimum Gasteiger partial charge on any atom is -0.483 e. The van der Waals surface area contributed by atoms with Crippen molar-refractivity contribution in [2.45, 2.75) is 71.9 Å². The lowest BCUT2D eigenvalue weighted by Gasteiger charge is -2.33. The van der Waals surface area contributed by atoms with E-state index in [0.29, 0.717) is 43.9 Å². The molecule has 0 spiro atoms. The topological polar surface area (TPSA) is 155 Å². The monoisotopic (exact) mass is 638 g/mol. The normalized spacial score (nSPS) is 14.7. The van der Waals surface area contributed by atoms with Crippen molar-refractivity contribution in [1.82, 2.24) is 20.4 Å². The van der Waals surface area contributed by atoms with Crippen LogP contribution in [0.4, 0.5) is 4.79 Å². The molecule has 3 rings (SSSR count). The third-order valence-corrected chi connectivity index (χ3v) is 7.58. The second-order valence-corrected chi connectivity index (χ2v) is 12.9. The minimum absolute atomic E-state index is 0.0304. The molecule has 1 heterocycles. The Kier molecular flexibility index (Phi) is 12.6. The van der Waals surface area contributed by atoms with Gasteiger partial charge in [-0.25, -0.2) is 9.59 Å². The molecule has 0 unspecified atom stereocenters. The van der Waals surface area contributed by atoms with Crippen molar-refractivity contribution < 1.29 is 38.6 Å². The molecule has 2 aromatic rings. The molecule has 1 fully saturated rings. The highest BCUT2D eigenvalue weighted by Gasteiger charge is 2.28. The van der Waals surface area contributed by atoms with E-state index < -0.39 is 36.0 Å². The second kappa shape index (κ2) is 16.1. The van der Waals surface area contributed by atoms with Crippen molar-refractivity contribution in [2.75, 3.05) is 32.8 Å². The highest BCUT2D eigenvalue weighted by atomic mass is 16.6. The van der Waals surface area contributed by atoms with E-state index in [2.05, 4.69) is 10.6 Å². The standard InChI is InChI=1S/C34H46N4O8/c1-22(2)19-27(35-30(40)21-45-29-10-8-7-9-26(29)34(4,5)6)31(41)36-28(32(42)43)20-24-11-13-25(14-12-24)46-33(44)38-17-15-37(16-18-38)23(3)39/h7-14,22,27-28H,15-21H2,1-6H3,(H,35,40)(H,36,41)(H,42,43)/t27-,28-/m0/s1. The Hall–Kier alpha value is -4.61. The summed E-state index contributed by atoms with van der Waals surface area (Å²) >= 11 is 0. The summed E-state index contributed by atoms with van der Waals surface area (Å²) in [6.07, 6.45) is -0.266. The number of piperazine rings is 1. The van der Waals surface area contributed by atoms with Gasteiger partial charge in [-0.05, 0) is 47.1 Å². The van der Waals surface area contributed by atoms with Crippen LogP contribution in [0, 0.1) is 5.92 Å². The van der Waals surface area contributed by atoms with E-state index in [1.807, 2.05) is 52.8 Å². The maximum atomic E-state index is 13.2. The molecule has 1 aliphatic rings. The largest absolute Gasteiger partial charge is 0.483 e. The predicted molar refractivity (Wildman–Crippen MR) is 172 cm³/mol. The molecule has 4 amide bonds. The number of amides is 4. The molecular formula is C34H46N4O8. The highest BCUT2D eigenvalue weighted by Crippen LogP contribution is 2.30. The van der Waals surface area contributed by atoms with Crippen LogP contribution in [-0.2, 0) is 31.0 Å². The molecular weight excluding hydrogens is 592 g/mol. The summed E-state index contributed by atoms with van der Waals surface area (Å²) in [6.45, 7) is 12.7. The molecule has 0 radical (unpaired) electrons. The van der Waals surface area contributed by atoms with Crippen molar-refractivity contribution in [2.24, 2.45) is 5.92 Å². The van der Waals surface area contributed by atoms with Crippen LogP contribution in [0.15, 0.2) is 48.5 Å². The smallest absolute Gasteiger partial charge is 0.415 e. The van der Waals surface area contributed by atoms with Crippen LogP contribution >= 0.6 is 0 Å². The number of hydrogen-bond acceptors (Lipinski definition) is 7. The van der Waals surface area contributed by atoms with Crippen LogP contribution in [0.1, 0.15) is 59.1 Å². The van der Waals surface area contributed by atoms with E-state index in [4.69, 9.17) is 9.47 Å². The Labute approximate surface area is 270 Å². The lowest BCUT2D eigenvalue weighted by Crippen LogP contribution is -2.53. The van der Waals surface area contributed by atoms with Crippen LogP contribution in [0.3, 0.4) is 0 Å². The summed E-state index contributed by atoms with van der Waals surface area (Å²) in [5.74, 6) is -1.48. The first-order valence-electron chi connectivity index (χ1n) is 15.5. The molecule has 1 aliphatic heterocycles. The van der Waals surface area contributed by atoms with Gasteiger partial charge in [-0.1, -0.05) is 65.0 Å². The van der Waals surface area contributed by atoms with E-state index in [1.165, 1.54) is 11.8 Å². The van der Waals surface area contributed by atoms with E-state index >= 15 is 0 Å². The fraction of sp³-hybridized carbons (Fsp3) is 0.500. The Morgan fingerprint density at radius 2 is 1.48 bits per heavy atom. The lowest BCUT2D eigenvalue weighted by atomic mass is 9.86. The summed E-state index contributed by atoms with van der Waals surface area (Å²) in [4.78, 5) is 65.4. The minimum atomic E-state index is -1.26. The van der Waals surface area contributed by atoms with Gasteiger partial charge >= 0.3 is 12.1 Å². The van der Waals surface area contributed by atoms with Gasteiger partial charge in [-0.15, -0.1) is 0 Å². The summed E-state index contributed by atoms with van der Waals surface area (Å²) in [5, 5.41) is 15.2. The van der Waals surface area contributed by atoms with Crippen molar-refractivity contribution in [1.29, 1.82) is 0 Å². The third kappa shape index (κ3) is 10.8. The number of benzene rings is 2. The van der Waals surface area contributed by atoms with Crippen LogP contribution in [-0.4, -0.2) is 89.6 Å². The molecule has 3 N–H and O–H groups in total. The Balaban J connectivity index is 1.57. The number of carbonyl (C=O) groups is 5. The van der Waals surface area contributed by atoms with Gasteiger partial charge in [-0.3, -0.25) is 14.4 Å². The fourth-order valence-corrected chi connectivity index (χ4v) is 5.07. The molecule has 0 aromatic heterocycles. The van der Waals surface area contributed by atoms with Gasteiger partial charge in [0, 0.05) is 39.5 Å². The van der Waals surface area contributed by atoms with Gasteiger partial charge in [0.15, 0.2) is 6.61 Å². The van der Waals surface area contributed by atoms with E-state index in [9.17, 15) is 29.1 Å². The molecule has 0 saturated carbocycles. The van der Waals surface area contributed by atoms with Crippen molar-refractivity contribution >= 4 is 29.8 Å². The van der Waals surface area contributed by atoms with Crippen LogP contribution in [0.2, 0.25) is 0 Å².